The number of nitrogens with one attached hydrogen (secondary N) is 1. The average Bonchev–Trinajstić information content (AvgIpc) is 3.39. The lowest BCUT2D eigenvalue weighted by molar-refractivity contribution is -0.117. The van der Waals surface area contributed by atoms with Crippen LogP contribution >= 0.6 is 0 Å². The summed E-state index contributed by atoms with van der Waals surface area (Å²) in [5.41, 5.74) is 3.30. The number of rotatable bonds is 6. The van der Waals surface area contributed by atoms with Gasteiger partial charge in [-0.2, -0.15) is 0 Å². The molecule has 2 fully saturated rings. The molecule has 0 spiro atoms. The number of carbonyl (C=O) groups is 2. The summed E-state index contributed by atoms with van der Waals surface area (Å²) in [5.74, 6) is 0.112. The van der Waals surface area contributed by atoms with Crippen LogP contribution in [0.25, 0.3) is 6.08 Å². The van der Waals surface area contributed by atoms with Crippen molar-refractivity contribution in [2.75, 3.05) is 18.0 Å². The maximum Gasteiger partial charge on any atom is 0.244 e. The molecule has 0 aromatic heterocycles. The van der Waals surface area contributed by atoms with Gasteiger partial charge in [-0.25, -0.2) is 0 Å². The smallest absolute Gasteiger partial charge is 0.244 e. The topological polar surface area (TPSA) is 49.4 Å². The van der Waals surface area contributed by atoms with E-state index in [9.17, 15) is 9.59 Å². The molecule has 27 heavy (non-hydrogen) atoms. The van der Waals surface area contributed by atoms with Crippen LogP contribution in [0, 0.1) is 0 Å². The first-order valence-corrected chi connectivity index (χ1v) is 9.58. The number of hydrogen-bond acceptors (Lipinski definition) is 2. The third kappa shape index (κ3) is 3.95. The van der Waals surface area contributed by atoms with Gasteiger partial charge in [0.2, 0.25) is 11.8 Å². The van der Waals surface area contributed by atoms with Gasteiger partial charge in [0, 0.05) is 36.7 Å². The van der Waals surface area contributed by atoms with Crippen molar-refractivity contribution >= 4 is 23.6 Å². The Balaban J connectivity index is 1.32. The molecule has 2 aliphatic rings. The van der Waals surface area contributed by atoms with Gasteiger partial charge in [0.05, 0.1) is 0 Å². The number of hydrogen-bond donors (Lipinski definition) is 1. The van der Waals surface area contributed by atoms with Crippen molar-refractivity contribution < 1.29 is 9.59 Å². The lowest BCUT2D eigenvalue weighted by Crippen LogP contribution is -2.30. The van der Waals surface area contributed by atoms with Gasteiger partial charge in [-0.15, -0.1) is 0 Å². The van der Waals surface area contributed by atoms with Crippen molar-refractivity contribution in [2.24, 2.45) is 0 Å². The Kier molecular flexibility index (Phi) is 4.80. The van der Waals surface area contributed by atoms with E-state index in [1.807, 2.05) is 41.3 Å². The Bertz CT molecular complexity index is 852. The van der Waals surface area contributed by atoms with E-state index in [4.69, 9.17) is 0 Å². The minimum atomic E-state index is -0.0731. The molecule has 1 aliphatic carbocycles. The summed E-state index contributed by atoms with van der Waals surface area (Å²) in [4.78, 5) is 25.8. The lowest BCUT2D eigenvalue weighted by atomic mass is 9.96. The fourth-order valence-corrected chi connectivity index (χ4v) is 3.68. The summed E-state index contributed by atoms with van der Waals surface area (Å²) in [6.07, 6.45) is 7.19. The molecule has 2 aromatic rings. The van der Waals surface area contributed by atoms with Crippen LogP contribution in [0.1, 0.15) is 36.8 Å². The van der Waals surface area contributed by atoms with Crippen LogP contribution in [0.15, 0.2) is 60.7 Å². The molecule has 4 heteroatoms. The SMILES string of the molecule is O=C(/C=C/c1ccc(N2CCCC2=O)cc1)NCC1(c2ccccc2)CC1. The second-order valence-corrected chi connectivity index (χ2v) is 7.44. The minimum Gasteiger partial charge on any atom is -0.352 e. The Morgan fingerprint density at radius 2 is 1.81 bits per heavy atom. The van der Waals surface area contributed by atoms with E-state index in [0.29, 0.717) is 13.0 Å². The summed E-state index contributed by atoms with van der Waals surface area (Å²) in [5, 5.41) is 3.04. The first-order chi connectivity index (χ1) is 13.2. The molecule has 4 nitrogen and oxygen atoms in total. The van der Waals surface area contributed by atoms with E-state index >= 15 is 0 Å². The van der Waals surface area contributed by atoms with Crippen molar-refractivity contribution in [3.8, 4) is 0 Å². The zero-order valence-corrected chi connectivity index (χ0v) is 15.4. The molecule has 1 heterocycles. The van der Waals surface area contributed by atoms with Crippen LogP contribution in [0.4, 0.5) is 5.69 Å². The predicted molar refractivity (Wildman–Crippen MR) is 107 cm³/mol. The van der Waals surface area contributed by atoms with Gasteiger partial charge in [-0.1, -0.05) is 42.5 Å². The van der Waals surface area contributed by atoms with E-state index in [0.717, 1.165) is 37.1 Å². The highest BCUT2D eigenvalue weighted by atomic mass is 16.2. The van der Waals surface area contributed by atoms with Crippen LogP contribution < -0.4 is 10.2 Å². The summed E-state index contributed by atoms with van der Waals surface area (Å²) < 4.78 is 0. The second kappa shape index (κ2) is 7.39. The van der Waals surface area contributed by atoms with Gasteiger partial charge >= 0.3 is 0 Å². The maximum absolute atomic E-state index is 12.2. The number of nitrogens with zero attached hydrogens (tertiary/aromatic N) is 1. The van der Waals surface area contributed by atoms with E-state index in [1.165, 1.54) is 5.56 Å². The van der Waals surface area contributed by atoms with Gasteiger partial charge in [0.15, 0.2) is 0 Å². The van der Waals surface area contributed by atoms with Crippen molar-refractivity contribution in [1.29, 1.82) is 0 Å². The summed E-state index contributed by atoms with van der Waals surface area (Å²) in [7, 11) is 0. The second-order valence-electron chi connectivity index (χ2n) is 7.44. The fraction of sp³-hybridized carbons (Fsp3) is 0.304. The van der Waals surface area contributed by atoms with Crippen molar-refractivity contribution in [3.63, 3.8) is 0 Å². The maximum atomic E-state index is 12.2. The molecular formula is C23H24N2O2. The molecule has 1 saturated carbocycles. The largest absolute Gasteiger partial charge is 0.352 e. The molecule has 1 aliphatic heterocycles. The number of benzene rings is 2. The highest BCUT2D eigenvalue weighted by Gasteiger charge is 2.44. The van der Waals surface area contributed by atoms with E-state index in [-0.39, 0.29) is 17.2 Å². The summed E-state index contributed by atoms with van der Waals surface area (Å²) in [6, 6.07) is 18.2. The molecule has 0 atom stereocenters. The predicted octanol–water partition coefficient (Wildman–Crippen LogP) is 3.67. The quantitative estimate of drug-likeness (QED) is 0.799. The highest BCUT2D eigenvalue weighted by molar-refractivity contribution is 5.95. The zero-order valence-electron chi connectivity index (χ0n) is 15.4. The highest BCUT2D eigenvalue weighted by Crippen LogP contribution is 2.47. The van der Waals surface area contributed by atoms with Gasteiger partial charge in [-0.3, -0.25) is 9.59 Å². The van der Waals surface area contributed by atoms with Crippen LogP contribution in [0.3, 0.4) is 0 Å². The molecule has 1 N–H and O–H groups in total. The van der Waals surface area contributed by atoms with Gasteiger partial charge in [0.25, 0.3) is 0 Å². The van der Waals surface area contributed by atoms with Crippen LogP contribution in [-0.4, -0.2) is 24.9 Å². The first kappa shape index (κ1) is 17.5. The standard InChI is InChI=1S/C23H24N2O2/c26-21(24-17-23(14-15-23)19-5-2-1-3-6-19)13-10-18-8-11-20(12-9-18)25-16-4-7-22(25)27/h1-3,5-6,8-13H,4,7,14-17H2,(H,24,26)/b13-10+. The third-order valence-corrected chi connectivity index (χ3v) is 5.55. The monoisotopic (exact) mass is 360 g/mol. The summed E-state index contributed by atoms with van der Waals surface area (Å²) >= 11 is 0. The minimum absolute atomic E-state index is 0.0731. The van der Waals surface area contributed by atoms with Crippen molar-refractivity contribution in [3.05, 3.63) is 71.8 Å². The molecular weight excluding hydrogens is 336 g/mol. The molecule has 0 radical (unpaired) electrons. The molecule has 0 unspecified atom stereocenters. The van der Waals surface area contributed by atoms with Crippen molar-refractivity contribution in [2.45, 2.75) is 31.1 Å². The molecule has 0 bridgehead atoms. The Hall–Kier alpha value is -2.88. The average molecular weight is 360 g/mol. The van der Waals surface area contributed by atoms with E-state index in [2.05, 4.69) is 29.6 Å². The fourth-order valence-electron chi connectivity index (χ4n) is 3.68. The molecule has 4 rings (SSSR count). The van der Waals surface area contributed by atoms with Gasteiger partial charge in [0.1, 0.15) is 0 Å². The van der Waals surface area contributed by atoms with Crippen LogP contribution in [0.5, 0.6) is 0 Å². The molecule has 2 amide bonds. The molecule has 2 aromatic carbocycles. The van der Waals surface area contributed by atoms with Crippen LogP contribution in [-0.2, 0) is 15.0 Å². The zero-order chi connectivity index (χ0) is 18.7. The Morgan fingerprint density at radius 1 is 1.07 bits per heavy atom. The normalized spacial score (nSPS) is 18.1. The van der Waals surface area contributed by atoms with Crippen LogP contribution in [0.2, 0.25) is 0 Å². The number of anilines is 1. The third-order valence-electron chi connectivity index (χ3n) is 5.55. The lowest BCUT2D eigenvalue weighted by Gasteiger charge is -2.16. The van der Waals surface area contributed by atoms with E-state index in [1.54, 1.807) is 6.08 Å². The first-order valence-electron chi connectivity index (χ1n) is 9.58. The number of amides is 2. The Labute approximate surface area is 159 Å². The van der Waals surface area contributed by atoms with Gasteiger partial charge in [-0.05, 0) is 48.6 Å². The number of carbonyl (C=O) groups excluding carboxylic acids is 2. The summed E-state index contributed by atoms with van der Waals surface area (Å²) in [6.45, 7) is 1.47. The molecule has 138 valence electrons. The molecule has 1 saturated heterocycles. The Morgan fingerprint density at radius 3 is 2.44 bits per heavy atom. The van der Waals surface area contributed by atoms with E-state index < -0.39 is 0 Å². The van der Waals surface area contributed by atoms with Gasteiger partial charge < -0.3 is 10.2 Å². The van der Waals surface area contributed by atoms with Crippen molar-refractivity contribution in [1.82, 2.24) is 5.32 Å².